The van der Waals surface area contributed by atoms with Crippen LogP contribution in [0.5, 0.6) is 0 Å². The molecule has 0 fully saturated rings. The van der Waals surface area contributed by atoms with Crippen LogP contribution in [0, 0.1) is 0 Å². The predicted octanol–water partition coefficient (Wildman–Crippen LogP) is 0.129. The van der Waals surface area contributed by atoms with Crippen molar-refractivity contribution >= 4 is 0 Å². The van der Waals surface area contributed by atoms with Crippen LogP contribution >= 0.6 is 0 Å². The minimum absolute atomic E-state index is 0.837. The van der Waals surface area contributed by atoms with Gasteiger partial charge in [0.05, 0.1) is 12.0 Å². The predicted molar refractivity (Wildman–Crippen MR) is 31.4 cm³/mol. The molecule has 0 aromatic carbocycles. The van der Waals surface area contributed by atoms with E-state index in [2.05, 4.69) is 15.3 Å². The molecule has 1 rings (SSSR count). The molecule has 3 nitrogen and oxygen atoms in total. The van der Waals surface area contributed by atoms with Gasteiger partial charge in [-0.05, 0) is 7.05 Å². The molecule has 3 heteroatoms. The Kier molecular flexibility index (Phi) is 1.64. The molecule has 0 aliphatic heterocycles. The first-order valence-corrected chi connectivity index (χ1v) is 2.55. The number of hydrogen-bond acceptors (Lipinski definition) is 2. The van der Waals surface area contributed by atoms with Crippen molar-refractivity contribution in [3.8, 4) is 0 Å². The zero-order valence-corrected chi connectivity index (χ0v) is 4.81. The molecule has 0 aliphatic rings. The molecule has 0 atom stereocenters. The highest BCUT2D eigenvalue weighted by molar-refractivity contribution is 4.92. The van der Waals surface area contributed by atoms with E-state index in [0.717, 1.165) is 12.2 Å². The average Bonchev–Trinajstić information content (AvgIpc) is 2.19. The van der Waals surface area contributed by atoms with Crippen LogP contribution in [0.25, 0.3) is 0 Å². The number of imidazole rings is 1. The molecule has 0 radical (unpaired) electrons. The van der Waals surface area contributed by atoms with E-state index in [0.29, 0.717) is 0 Å². The molecule has 44 valence electrons. The lowest BCUT2D eigenvalue weighted by molar-refractivity contribution is 0.797. The smallest absolute Gasteiger partial charge is 0.0923 e. The van der Waals surface area contributed by atoms with Crippen molar-refractivity contribution in [1.29, 1.82) is 0 Å². The zero-order chi connectivity index (χ0) is 5.82. The standard InChI is InChI=1S/C5H9N3/c1-6-2-5-3-7-4-8-5/h3-4,6H,2H2,1H3,(H,7,8). The summed E-state index contributed by atoms with van der Waals surface area (Å²) < 4.78 is 0. The summed E-state index contributed by atoms with van der Waals surface area (Å²) in [6.07, 6.45) is 3.54. The van der Waals surface area contributed by atoms with Crippen molar-refractivity contribution in [2.75, 3.05) is 7.05 Å². The van der Waals surface area contributed by atoms with E-state index in [-0.39, 0.29) is 0 Å². The Labute approximate surface area is 48.1 Å². The molecule has 0 saturated carbocycles. The summed E-state index contributed by atoms with van der Waals surface area (Å²) in [5, 5.41) is 2.99. The minimum atomic E-state index is 0.837. The molecule has 1 heterocycles. The number of aromatic amines is 1. The van der Waals surface area contributed by atoms with Crippen molar-refractivity contribution < 1.29 is 0 Å². The van der Waals surface area contributed by atoms with Gasteiger partial charge in [0, 0.05) is 12.7 Å². The summed E-state index contributed by atoms with van der Waals surface area (Å²) in [6.45, 7) is 0.837. The largest absolute Gasteiger partial charge is 0.351 e. The number of nitrogens with zero attached hydrogens (tertiary/aromatic N) is 1. The number of hydrogen-bond donors (Lipinski definition) is 2. The van der Waals surface area contributed by atoms with E-state index in [1.807, 2.05) is 13.2 Å². The molecule has 1 aromatic heterocycles. The molecule has 0 bridgehead atoms. The maximum absolute atomic E-state index is 3.99. The third-order valence-electron chi connectivity index (χ3n) is 0.913. The summed E-state index contributed by atoms with van der Waals surface area (Å²) in [5.74, 6) is 0. The second-order valence-electron chi connectivity index (χ2n) is 1.59. The molecule has 8 heavy (non-hydrogen) atoms. The summed E-state index contributed by atoms with van der Waals surface area (Å²) in [6, 6.07) is 0. The second kappa shape index (κ2) is 2.47. The average molecular weight is 111 g/mol. The van der Waals surface area contributed by atoms with Gasteiger partial charge in [0.1, 0.15) is 0 Å². The maximum atomic E-state index is 3.99. The lowest BCUT2D eigenvalue weighted by Crippen LogP contribution is -2.04. The molecule has 0 saturated heterocycles. The van der Waals surface area contributed by atoms with E-state index < -0.39 is 0 Å². The number of rotatable bonds is 2. The topological polar surface area (TPSA) is 40.7 Å². The van der Waals surface area contributed by atoms with Gasteiger partial charge < -0.3 is 10.3 Å². The van der Waals surface area contributed by atoms with Gasteiger partial charge in [-0.2, -0.15) is 0 Å². The highest BCUT2D eigenvalue weighted by Gasteiger charge is 1.86. The van der Waals surface area contributed by atoms with Gasteiger partial charge >= 0.3 is 0 Å². The van der Waals surface area contributed by atoms with E-state index in [9.17, 15) is 0 Å². The van der Waals surface area contributed by atoms with Crippen molar-refractivity contribution in [1.82, 2.24) is 15.3 Å². The maximum Gasteiger partial charge on any atom is 0.0923 e. The molecular weight excluding hydrogens is 102 g/mol. The second-order valence-corrected chi connectivity index (χ2v) is 1.59. The molecule has 1 aromatic rings. The van der Waals surface area contributed by atoms with Crippen LogP contribution in [-0.4, -0.2) is 17.0 Å². The molecule has 0 amide bonds. The van der Waals surface area contributed by atoms with Crippen LogP contribution in [0.4, 0.5) is 0 Å². The first kappa shape index (κ1) is 5.31. The number of nitrogens with one attached hydrogen (secondary N) is 2. The third-order valence-corrected chi connectivity index (χ3v) is 0.913. The van der Waals surface area contributed by atoms with E-state index in [4.69, 9.17) is 0 Å². The van der Waals surface area contributed by atoms with Gasteiger partial charge in [0.15, 0.2) is 0 Å². The Morgan fingerprint density at radius 2 is 2.75 bits per heavy atom. The fourth-order valence-electron chi connectivity index (χ4n) is 0.569. The quantitative estimate of drug-likeness (QED) is 0.569. The van der Waals surface area contributed by atoms with Gasteiger partial charge in [-0.1, -0.05) is 0 Å². The lowest BCUT2D eigenvalue weighted by Gasteiger charge is -1.88. The molecular formula is C5H9N3. The summed E-state index contributed by atoms with van der Waals surface area (Å²) in [5.41, 5.74) is 1.05. The molecule has 0 aliphatic carbocycles. The Morgan fingerprint density at radius 1 is 1.88 bits per heavy atom. The monoisotopic (exact) mass is 111 g/mol. The first-order chi connectivity index (χ1) is 3.93. The van der Waals surface area contributed by atoms with Gasteiger partial charge in [0.2, 0.25) is 0 Å². The molecule has 0 unspecified atom stereocenters. The summed E-state index contributed by atoms with van der Waals surface area (Å²) >= 11 is 0. The van der Waals surface area contributed by atoms with Crippen LogP contribution in [0.3, 0.4) is 0 Å². The Balaban J connectivity index is 2.50. The van der Waals surface area contributed by atoms with Crippen LogP contribution < -0.4 is 5.32 Å². The summed E-state index contributed by atoms with van der Waals surface area (Å²) in [4.78, 5) is 6.85. The van der Waals surface area contributed by atoms with Crippen LogP contribution in [0.1, 0.15) is 5.69 Å². The normalized spacial score (nSPS) is 9.62. The number of H-pyrrole nitrogens is 1. The lowest BCUT2D eigenvalue weighted by atomic mass is 10.5. The van der Waals surface area contributed by atoms with Crippen LogP contribution in [-0.2, 0) is 6.54 Å². The summed E-state index contributed by atoms with van der Waals surface area (Å²) in [7, 11) is 1.90. The Hall–Kier alpha value is -0.830. The van der Waals surface area contributed by atoms with Crippen molar-refractivity contribution in [2.45, 2.75) is 6.54 Å². The van der Waals surface area contributed by atoms with Gasteiger partial charge in [-0.15, -0.1) is 0 Å². The SMILES string of the molecule is CNCc1c[nH]cn1. The first-order valence-electron chi connectivity index (χ1n) is 2.55. The molecule has 2 N–H and O–H groups in total. The minimum Gasteiger partial charge on any atom is -0.351 e. The van der Waals surface area contributed by atoms with Gasteiger partial charge in [0.25, 0.3) is 0 Å². The zero-order valence-electron chi connectivity index (χ0n) is 4.81. The van der Waals surface area contributed by atoms with Crippen molar-refractivity contribution in [2.24, 2.45) is 0 Å². The Morgan fingerprint density at radius 3 is 3.25 bits per heavy atom. The van der Waals surface area contributed by atoms with Gasteiger partial charge in [-0.3, -0.25) is 0 Å². The van der Waals surface area contributed by atoms with Crippen molar-refractivity contribution in [3.63, 3.8) is 0 Å². The Bertz CT molecular complexity index is 133. The van der Waals surface area contributed by atoms with E-state index in [1.165, 1.54) is 0 Å². The van der Waals surface area contributed by atoms with Crippen LogP contribution in [0.2, 0.25) is 0 Å². The van der Waals surface area contributed by atoms with Crippen molar-refractivity contribution in [3.05, 3.63) is 18.2 Å². The van der Waals surface area contributed by atoms with E-state index in [1.54, 1.807) is 6.33 Å². The van der Waals surface area contributed by atoms with E-state index >= 15 is 0 Å². The number of aromatic nitrogens is 2. The van der Waals surface area contributed by atoms with Crippen LogP contribution in [0.15, 0.2) is 12.5 Å². The molecule has 0 spiro atoms. The fourth-order valence-corrected chi connectivity index (χ4v) is 0.569. The highest BCUT2D eigenvalue weighted by atomic mass is 14.9. The highest BCUT2D eigenvalue weighted by Crippen LogP contribution is 1.86. The fraction of sp³-hybridized carbons (Fsp3) is 0.400. The van der Waals surface area contributed by atoms with Gasteiger partial charge in [-0.25, -0.2) is 4.98 Å². The third kappa shape index (κ3) is 1.07.